The normalized spacial score (nSPS) is 16.2. The summed E-state index contributed by atoms with van der Waals surface area (Å²) >= 11 is 6.08. The number of benzene rings is 2. The van der Waals surface area contributed by atoms with Gasteiger partial charge in [-0.3, -0.25) is 14.5 Å². The van der Waals surface area contributed by atoms with Gasteiger partial charge in [0.25, 0.3) is 5.91 Å². The van der Waals surface area contributed by atoms with Crippen LogP contribution in [0.2, 0.25) is 5.02 Å². The number of halogens is 1. The molecule has 6 nitrogen and oxygen atoms in total. The average molecular weight is 444 g/mol. The van der Waals surface area contributed by atoms with Gasteiger partial charge in [0.05, 0.1) is 23.7 Å². The number of ether oxygens (including phenoxy) is 1. The molecule has 0 aliphatic carbocycles. The van der Waals surface area contributed by atoms with Gasteiger partial charge in [0, 0.05) is 6.54 Å². The first-order chi connectivity index (χ1) is 15.0. The number of nitrogens with zero attached hydrogens (tertiary/aromatic N) is 1. The number of rotatable bonds is 8. The number of carbonyl (C=O) groups is 2. The van der Waals surface area contributed by atoms with E-state index < -0.39 is 6.04 Å². The highest BCUT2D eigenvalue weighted by Gasteiger charge is 2.24. The van der Waals surface area contributed by atoms with Crippen molar-refractivity contribution < 1.29 is 14.3 Å². The van der Waals surface area contributed by atoms with Gasteiger partial charge in [0.1, 0.15) is 11.8 Å². The van der Waals surface area contributed by atoms with Crippen LogP contribution in [0, 0.1) is 0 Å². The van der Waals surface area contributed by atoms with E-state index in [4.69, 9.17) is 16.3 Å². The Morgan fingerprint density at radius 1 is 1.06 bits per heavy atom. The van der Waals surface area contributed by atoms with Gasteiger partial charge < -0.3 is 15.4 Å². The topological polar surface area (TPSA) is 70.7 Å². The van der Waals surface area contributed by atoms with Gasteiger partial charge >= 0.3 is 0 Å². The first-order valence-corrected chi connectivity index (χ1v) is 11.1. The van der Waals surface area contributed by atoms with E-state index in [1.54, 1.807) is 38.3 Å². The van der Waals surface area contributed by atoms with Crippen LogP contribution in [0.25, 0.3) is 0 Å². The van der Waals surface area contributed by atoms with Gasteiger partial charge in [-0.2, -0.15) is 0 Å². The molecule has 0 saturated carbocycles. The highest BCUT2D eigenvalue weighted by Crippen LogP contribution is 2.26. The van der Waals surface area contributed by atoms with Gasteiger partial charge in [-0.15, -0.1) is 0 Å². The number of likely N-dealkylation sites (tertiary alicyclic amines) is 1. The molecule has 2 N–H and O–H groups in total. The number of piperidine rings is 1. The molecule has 0 bridgehead atoms. The quantitative estimate of drug-likeness (QED) is 0.650. The Labute approximate surface area is 188 Å². The number of carbonyl (C=O) groups excluding carboxylic acids is 2. The molecule has 31 heavy (non-hydrogen) atoms. The van der Waals surface area contributed by atoms with Crippen molar-refractivity contribution in [2.45, 2.75) is 38.3 Å². The summed E-state index contributed by atoms with van der Waals surface area (Å²) in [6.07, 6.45) is 3.55. The Bertz CT molecular complexity index is 882. The molecule has 1 fully saturated rings. The van der Waals surface area contributed by atoms with Crippen LogP contribution in [0.4, 0.5) is 0 Å². The van der Waals surface area contributed by atoms with Crippen LogP contribution >= 0.6 is 11.6 Å². The lowest BCUT2D eigenvalue weighted by Gasteiger charge is -2.35. The molecule has 1 saturated heterocycles. The predicted octanol–water partition coefficient (Wildman–Crippen LogP) is 3.81. The summed E-state index contributed by atoms with van der Waals surface area (Å²) in [5, 5.41) is 6.11. The second-order valence-electron chi connectivity index (χ2n) is 7.81. The standard InChI is InChI=1S/C24H30ClN3O3/c1-17(27-24(30)20-8-4-5-9-21(20)25)23(29)26-16-22(28-14-6-3-7-15-28)18-10-12-19(31-2)13-11-18/h4-5,8-13,17,22H,3,6-7,14-16H2,1-2H3,(H,26,29)(H,27,30). The Kier molecular flexibility index (Phi) is 8.32. The zero-order valence-electron chi connectivity index (χ0n) is 18.1. The molecule has 1 aliphatic rings. The Morgan fingerprint density at radius 2 is 1.74 bits per heavy atom. The monoisotopic (exact) mass is 443 g/mol. The number of amides is 2. The van der Waals surface area contributed by atoms with Crippen molar-refractivity contribution in [2.24, 2.45) is 0 Å². The lowest BCUT2D eigenvalue weighted by molar-refractivity contribution is -0.122. The van der Waals surface area contributed by atoms with E-state index in [1.807, 2.05) is 24.3 Å². The van der Waals surface area contributed by atoms with Crippen molar-refractivity contribution in [3.05, 3.63) is 64.7 Å². The summed E-state index contributed by atoms with van der Waals surface area (Å²) in [6.45, 7) is 4.15. The third kappa shape index (κ3) is 6.21. The van der Waals surface area contributed by atoms with Crippen molar-refractivity contribution in [1.82, 2.24) is 15.5 Å². The average Bonchev–Trinajstić information content (AvgIpc) is 2.80. The molecule has 166 valence electrons. The fourth-order valence-corrected chi connectivity index (χ4v) is 4.07. The van der Waals surface area contributed by atoms with Gasteiger partial charge in [-0.25, -0.2) is 0 Å². The maximum Gasteiger partial charge on any atom is 0.253 e. The summed E-state index contributed by atoms with van der Waals surface area (Å²) in [6, 6.07) is 14.2. The second-order valence-corrected chi connectivity index (χ2v) is 8.21. The van der Waals surface area contributed by atoms with Crippen molar-refractivity contribution >= 4 is 23.4 Å². The zero-order chi connectivity index (χ0) is 22.2. The van der Waals surface area contributed by atoms with Gasteiger partial charge in [0.15, 0.2) is 0 Å². The van der Waals surface area contributed by atoms with E-state index in [1.165, 1.54) is 6.42 Å². The minimum absolute atomic E-state index is 0.0709. The molecule has 7 heteroatoms. The lowest BCUT2D eigenvalue weighted by Crippen LogP contribution is -2.47. The second kappa shape index (κ2) is 11.2. The van der Waals surface area contributed by atoms with E-state index in [2.05, 4.69) is 15.5 Å². The van der Waals surface area contributed by atoms with Crippen molar-refractivity contribution in [3.8, 4) is 5.75 Å². The van der Waals surface area contributed by atoms with Crippen LogP contribution < -0.4 is 15.4 Å². The highest BCUT2D eigenvalue weighted by atomic mass is 35.5. The van der Waals surface area contributed by atoms with Gasteiger partial charge in [-0.05, 0) is 62.7 Å². The Hall–Kier alpha value is -2.57. The minimum atomic E-state index is -0.679. The first-order valence-electron chi connectivity index (χ1n) is 10.7. The molecule has 2 atom stereocenters. The molecule has 0 radical (unpaired) electrons. The van der Waals surface area contributed by atoms with Crippen molar-refractivity contribution in [3.63, 3.8) is 0 Å². The first kappa shape index (κ1) is 23.1. The lowest BCUT2D eigenvalue weighted by atomic mass is 10.0. The third-order valence-corrected chi connectivity index (χ3v) is 5.99. The Balaban J connectivity index is 1.63. The van der Waals surface area contributed by atoms with Crippen LogP contribution in [0.5, 0.6) is 5.75 Å². The molecule has 3 rings (SSSR count). The molecule has 1 heterocycles. The molecule has 2 unspecified atom stereocenters. The summed E-state index contributed by atoms with van der Waals surface area (Å²) in [5.41, 5.74) is 1.49. The Morgan fingerprint density at radius 3 is 2.39 bits per heavy atom. The van der Waals surface area contributed by atoms with Crippen LogP contribution in [0.3, 0.4) is 0 Å². The molecular formula is C24H30ClN3O3. The molecule has 2 aromatic carbocycles. The largest absolute Gasteiger partial charge is 0.497 e. The molecule has 2 aromatic rings. The highest BCUT2D eigenvalue weighted by molar-refractivity contribution is 6.33. The maximum absolute atomic E-state index is 12.7. The van der Waals surface area contributed by atoms with Crippen molar-refractivity contribution in [1.29, 1.82) is 0 Å². The predicted molar refractivity (Wildman–Crippen MR) is 123 cm³/mol. The number of nitrogens with one attached hydrogen (secondary N) is 2. The summed E-state index contributed by atoms with van der Waals surface area (Å²) < 4.78 is 5.27. The van der Waals surface area contributed by atoms with Crippen molar-refractivity contribution in [2.75, 3.05) is 26.7 Å². The summed E-state index contributed by atoms with van der Waals surface area (Å²) in [7, 11) is 1.65. The zero-order valence-corrected chi connectivity index (χ0v) is 18.8. The maximum atomic E-state index is 12.7. The minimum Gasteiger partial charge on any atom is -0.497 e. The summed E-state index contributed by atoms with van der Waals surface area (Å²) in [5.74, 6) is 0.216. The molecule has 0 spiro atoms. The number of methoxy groups -OCH3 is 1. The fourth-order valence-electron chi connectivity index (χ4n) is 3.85. The van der Waals surface area contributed by atoms with E-state index in [0.717, 1.165) is 37.2 Å². The molecule has 1 aliphatic heterocycles. The van der Waals surface area contributed by atoms with Crippen LogP contribution in [-0.4, -0.2) is 49.5 Å². The number of hydrogen-bond acceptors (Lipinski definition) is 4. The molecule has 2 amide bonds. The van der Waals surface area contributed by atoms with Gasteiger partial charge in [0.2, 0.25) is 5.91 Å². The smallest absolute Gasteiger partial charge is 0.253 e. The van der Waals surface area contributed by atoms with Gasteiger partial charge in [-0.1, -0.05) is 42.3 Å². The molecular weight excluding hydrogens is 414 g/mol. The van der Waals surface area contributed by atoms with E-state index >= 15 is 0 Å². The fraction of sp³-hybridized carbons (Fsp3) is 0.417. The molecule has 0 aromatic heterocycles. The third-order valence-electron chi connectivity index (χ3n) is 5.66. The van der Waals surface area contributed by atoms with E-state index in [-0.39, 0.29) is 17.9 Å². The number of hydrogen-bond donors (Lipinski definition) is 2. The van der Waals surface area contributed by atoms with E-state index in [0.29, 0.717) is 17.1 Å². The van der Waals surface area contributed by atoms with Crippen LogP contribution in [0.1, 0.15) is 48.1 Å². The SMILES string of the molecule is COc1ccc(C(CNC(=O)C(C)NC(=O)c2ccccc2Cl)N2CCCCC2)cc1. The van der Waals surface area contributed by atoms with Crippen LogP contribution in [0.15, 0.2) is 48.5 Å². The summed E-state index contributed by atoms with van der Waals surface area (Å²) in [4.78, 5) is 27.6. The van der Waals surface area contributed by atoms with E-state index in [9.17, 15) is 9.59 Å². The van der Waals surface area contributed by atoms with Crippen LogP contribution in [-0.2, 0) is 4.79 Å².